The Morgan fingerprint density at radius 1 is 0.786 bits per heavy atom. The number of anilines is 2. The highest BCUT2D eigenvalue weighted by atomic mass is 32.2. The number of ether oxygens (including phenoxy) is 2. The SMILES string of the molecule is COc1ccc(CCNC(=O)c2ccccc2NC(=O)c2ccccc2N(C)S(=O)(=O)c2ccc(C)cc2)cc1OC. The van der Waals surface area contributed by atoms with E-state index in [0.29, 0.717) is 30.2 Å². The lowest BCUT2D eigenvalue weighted by Gasteiger charge is -2.22. The van der Waals surface area contributed by atoms with Crippen molar-refractivity contribution < 1.29 is 27.5 Å². The van der Waals surface area contributed by atoms with Crippen LogP contribution >= 0.6 is 0 Å². The van der Waals surface area contributed by atoms with Crippen LogP contribution in [0.15, 0.2) is 95.9 Å². The molecule has 0 aromatic heterocycles. The number of hydrogen-bond donors (Lipinski definition) is 2. The van der Waals surface area contributed by atoms with Crippen molar-refractivity contribution in [2.45, 2.75) is 18.2 Å². The number of aryl methyl sites for hydroxylation is 1. The van der Waals surface area contributed by atoms with Crippen LogP contribution in [0.2, 0.25) is 0 Å². The van der Waals surface area contributed by atoms with E-state index in [4.69, 9.17) is 9.47 Å². The van der Waals surface area contributed by atoms with Gasteiger partial charge in [0.05, 0.1) is 41.6 Å². The molecule has 0 unspecified atom stereocenters. The fourth-order valence-electron chi connectivity index (χ4n) is 4.37. The zero-order valence-electron chi connectivity index (χ0n) is 23.9. The van der Waals surface area contributed by atoms with Crippen molar-refractivity contribution in [2.75, 3.05) is 37.4 Å². The second-order valence-corrected chi connectivity index (χ2v) is 11.5. The van der Waals surface area contributed by atoms with Crippen molar-refractivity contribution in [3.8, 4) is 11.5 Å². The minimum absolute atomic E-state index is 0.112. The topological polar surface area (TPSA) is 114 Å². The Balaban J connectivity index is 1.49. The summed E-state index contributed by atoms with van der Waals surface area (Å²) in [5.74, 6) is 0.309. The van der Waals surface area contributed by atoms with Gasteiger partial charge in [0.2, 0.25) is 0 Å². The van der Waals surface area contributed by atoms with Crippen molar-refractivity contribution in [3.05, 3.63) is 113 Å². The molecule has 0 saturated heterocycles. The van der Waals surface area contributed by atoms with Gasteiger partial charge in [-0.3, -0.25) is 13.9 Å². The van der Waals surface area contributed by atoms with Crippen LogP contribution in [0.1, 0.15) is 31.8 Å². The number of hydrogen-bond acceptors (Lipinski definition) is 6. The summed E-state index contributed by atoms with van der Waals surface area (Å²) in [5.41, 5.74) is 2.80. The molecular formula is C32H33N3O6S. The van der Waals surface area contributed by atoms with Gasteiger partial charge < -0.3 is 20.1 Å². The molecule has 0 atom stereocenters. The number of carbonyl (C=O) groups excluding carboxylic acids is 2. The van der Waals surface area contributed by atoms with Crippen LogP contribution in [0, 0.1) is 6.92 Å². The third kappa shape index (κ3) is 6.72. The lowest BCUT2D eigenvalue weighted by Crippen LogP contribution is -2.29. The Kier molecular flexibility index (Phi) is 9.49. The summed E-state index contributed by atoms with van der Waals surface area (Å²) in [6.45, 7) is 2.22. The first-order valence-electron chi connectivity index (χ1n) is 13.2. The standard InChI is InChI=1S/C32H33N3O6S/c1-22-13-16-24(17-14-22)42(38,39)35(2)28-12-8-6-10-26(28)32(37)34-27-11-7-5-9-25(27)31(36)33-20-19-23-15-18-29(40-3)30(21-23)41-4/h5-18,21H,19-20H2,1-4H3,(H,33,36)(H,34,37). The van der Waals surface area contributed by atoms with Gasteiger partial charge in [-0.2, -0.15) is 0 Å². The number of carbonyl (C=O) groups is 2. The summed E-state index contributed by atoms with van der Waals surface area (Å²) < 4.78 is 38.3. The van der Waals surface area contributed by atoms with E-state index in [9.17, 15) is 18.0 Å². The quantitative estimate of drug-likeness (QED) is 0.254. The summed E-state index contributed by atoms with van der Waals surface area (Å²) in [7, 11) is 0.608. The minimum Gasteiger partial charge on any atom is -0.493 e. The predicted molar refractivity (Wildman–Crippen MR) is 163 cm³/mol. The van der Waals surface area contributed by atoms with Crippen LogP contribution in [-0.2, 0) is 16.4 Å². The zero-order chi connectivity index (χ0) is 30.3. The summed E-state index contributed by atoms with van der Waals surface area (Å²) in [5, 5.41) is 5.67. The zero-order valence-corrected chi connectivity index (χ0v) is 24.7. The van der Waals surface area contributed by atoms with Crippen molar-refractivity contribution >= 4 is 33.2 Å². The highest BCUT2D eigenvalue weighted by Crippen LogP contribution is 2.29. The van der Waals surface area contributed by atoms with E-state index in [1.165, 1.54) is 25.2 Å². The van der Waals surface area contributed by atoms with Gasteiger partial charge in [0.25, 0.3) is 21.8 Å². The molecule has 0 heterocycles. The van der Waals surface area contributed by atoms with Crippen molar-refractivity contribution in [3.63, 3.8) is 0 Å². The van der Waals surface area contributed by atoms with E-state index in [2.05, 4.69) is 10.6 Å². The molecule has 0 aliphatic carbocycles. The second kappa shape index (κ2) is 13.2. The van der Waals surface area contributed by atoms with Gasteiger partial charge in [-0.05, 0) is 67.4 Å². The molecule has 42 heavy (non-hydrogen) atoms. The molecule has 0 saturated carbocycles. The van der Waals surface area contributed by atoms with Gasteiger partial charge in [0.15, 0.2) is 11.5 Å². The molecule has 0 fully saturated rings. The van der Waals surface area contributed by atoms with Crippen LogP contribution in [-0.4, -0.2) is 48.0 Å². The van der Waals surface area contributed by atoms with E-state index in [1.54, 1.807) is 68.8 Å². The van der Waals surface area contributed by atoms with E-state index in [1.807, 2.05) is 25.1 Å². The summed E-state index contributed by atoms with van der Waals surface area (Å²) in [6, 6.07) is 25.1. The van der Waals surface area contributed by atoms with Gasteiger partial charge in [-0.25, -0.2) is 8.42 Å². The molecule has 0 aliphatic heterocycles. The lowest BCUT2D eigenvalue weighted by atomic mass is 10.1. The smallest absolute Gasteiger partial charge is 0.264 e. The molecule has 0 radical (unpaired) electrons. The lowest BCUT2D eigenvalue weighted by molar-refractivity contribution is 0.0955. The van der Waals surface area contributed by atoms with Crippen LogP contribution < -0.4 is 24.4 Å². The van der Waals surface area contributed by atoms with Gasteiger partial charge in [0.1, 0.15) is 0 Å². The normalized spacial score (nSPS) is 11.0. The molecule has 4 rings (SSSR count). The Bertz CT molecular complexity index is 1690. The number of nitrogens with one attached hydrogen (secondary N) is 2. The molecule has 4 aromatic rings. The summed E-state index contributed by atoms with van der Waals surface area (Å²) in [6.07, 6.45) is 0.551. The van der Waals surface area contributed by atoms with Crippen LogP contribution in [0.5, 0.6) is 11.5 Å². The average molecular weight is 588 g/mol. The monoisotopic (exact) mass is 587 g/mol. The van der Waals surface area contributed by atoms with Crippen LogP contribution in [0.25, 0.3) is 0 Å². The van der Waals surface area contributed by atoms with Gasteiger partial charge in [-0.1, -0.05) is 48.0 Å². The Labute approximate surface area is 246 Å². The number of para-hydroxylation sites is 2. The first-order chi connectivity index (χ1) is 20.1. The molecule has 9 nitrogen and oxygen atoms in total. The van der Waals surface area contributed by atoms with E-state index in [-0.39, 0.29) is 27.6 Å². The van der Waals surface area contributed by atoms with Gasteiger partial charge in [-0.15, -0.1) is 0 Å². The number of benzene rings is 4. The molecular weight excluding hydrogens is 554 g/mol. The van der Waals surface area contributed by atoms with Crippen molar-refractivity contribution in [2.24, 2.45) is 0 Å². The molecule has 2 amide bonds. The molecule has 218 valence electrons. The molecule has 4 aromatic carbocycles. The third-order valence-electron chi connectivity index (χ3n) is 6.73. The number of nitrogens with zero attached hydrogens (tertiary/aromatic N) is 1. The van der Waals surface area contributed by atoms with Crippen molar-refractivity contribution in [1.82, 2.24) is 5.32 Å². The maximum absolute atomic E-state index is 13.4. The predicted octanol–water partition coefficient (Wildman–Crippen LogP) is 5.06. The van der Waals surface area contributed by atoms with E-state index < -0.39 is 15.9 Å². The Hall–Kier alpha value is -4.83. The first kappa shape index (κ1) is 30.1. The Morgan fingerprint density at radius 2 is 1.43 bits per heavy atom. The first-order valence-corrected chi connectivity index (χ1v) is 14.6. The maximum Gasteiger partial charge on any atom is 0.264 e. The van der Waals surface area contributed by atoms with Crippen LogP contribution in [0.4, 0.5) is 11.4 Å². The number of sulfonamides is 1. The fraction of sp³-hybridized carbons (Fsp3) is 0.188. The fourth-order valence-corrected chi connectivity index (χ4v) is 5.58. The highest BCUT2D eigenvalue weighted by molar-refractivity contribution is 7.92. The molecule has 0 aliphatic rings. The van der Waals surface area contributed by atoms with Gasteiger partial charge >= 0.3 is 0 Å². The second-order valence-electron chi connectivity index (χ2n) is 9.50. The maximum atomic E-state index is 13.4. The third-order valence-corrected chi connectivity index (χ3v) is 8.52. The molecule has 10 heteroatoms. The molecule has 0 spiro atoms. The molecule has 0 bridgehead atoms. The van der Waals surface area contributed by atoms with E-state index >= 15 is 0 Å². The Morgan fingerprint density at radius 3 is 2.12 bits per heavy atom. The van der Waals surface area contributed by atoms with E-state index in [0.717, 1.165) is 15.4 Å². The number of amides is 2. The summed E-state index contributed by atoms with van der Waals surface area (Å²) in [4.78, 5) is 26.6. The van der Waals surface area contributed by atoms with Gasteiger partial charge in [0, 0.05) is 13.6 Å². The number of methoxy groups -OCH3 is 2. The van der Waals surface area contributed by atoms with Crippen LogP contribution in [0.3, 0.4) is 0 Å². The minimum atomic E-state index is -3.93. The number of rotatable bonds is 11. The largest absolute Gasteiger partial charge is 0.493 e. The molecule has 2 N–H and O–H groups in total. The summed E-state index contributed by atoms with van der Waals surface area (Å²) >= 11 is 0. The van der Waals surface area contributed by atoms with Crippen molar-refractivity contribution in [1.29, 1.82) is 0 Å². The average Bonchev–Trinajstić information content (AvgIpc) is 3.01. The highest BCUT2D eigenvalue weighted by Gasteiger charge is 2.25.